The van der Waals surface area contributed by atoms with E-state index in [0.29, 0.717) is 16.1 Å². The van der Waals surface area contributed by atoms with Gasteiger partial charge in [0.25, 0.3) is 5.91 Å². The van der Waals surface area contributed by atoms with Crippen molar-refractivity contribution >= 4 is 29.3 Å². The number of phenols is 2. The van der Waals surface area contributed by atoms with Gasteiger partial charge in [0, 0.05) is 11.6 Å². The number of aromatic nitrogens is 5. The van der Waals surface area contributed by atoms with Gasteiger partial charge >= 0.3 is 0 Å². The highest BCUT2D eigenvalue weighted by molar-refractivity contribution is 7.13. The zero-order chi connectivity index (χ0) is 20.4. The highest BCUT2D eigenvalue weighted by Crippen LogP contribution is 2.29. The fraction of sp³-hybridized carbons (Fsp3) is 0. The van der Waals surface area contributed by atoms with Crippen molar-refractivity contribution in [2.45, 2.75) is 0 Å². The number of aromatic hydroxyl groups is 2. The van der Waals surface area contributed by atoms with Crippen LogP contribution in [0.1, 0.15) is 16.1 Å². The molecule has 0 aliphatic rings. The molecular formula is C16H12N8O4S. The van der Waals surface area contributed by atoms with E-state index in [1.165, 1.54) is 34.4 Å². The Labute approximate surface area is 165 Å². The van der Waals surface area contributed by atoms with Crippen LogP contribution in [0.25, 0.3) is 16.4 Å². The van der Waals surface area contributed by atoms with Crippen molar-refractivity contribution < 1.29 is 19.6 Å². The molecule has 1 amide bonds. The molecule has 0 spiro atoms. The van der Waals surface area contributed by atoms with Gasteiger partial charge in [-0.3, -0.25) is 4.79 Å². The molecule has 3 aromatic heterocycles. The Bertz CT molecular complexity index is 1200. The molecule has 146 valence electrons. The monoisotopic (exact) mass is 412 g/mol. The third-order valence-electron chi connectivity index (χ3n) is 3.72. The number of anilines is 1. The lowest BCUT2D eigenvalue weighted by atomic mass is 10.2. The van der Waals surface area contributed by atoms with Gasteiger partial charge in [-0.1, -0.05) is 11.3 Å². The summed E-state index contributed by atoms with van der Waals surface area (Å²) in [4.78, 5) is 13.3. The third-order valence-corrected chi connectivity index (χ3v) is 4.60. The second-order valence-electron chi connectivity index (χ2n) is 5.59. The molecule has 0 bridgehead atoms. The predicted molar refractivity (Wildman–Crippen MR) is 102 cm³/mol. The van der Waals surface area contributed by atoms with Crippen LogP contribution in [0.15, 0.2) is 45.4 Å². The van der Waals surface area contributed by atoms with E-state index in [0.717, 1.165) is 6.07 Å². The van der Waals surface area contributed by atoms with Crippen LogP contribution in [-0.4, -0.2) is 47.6 Å². The molecule has 12 nitrogen and oxygen atoms in total. The molecule has 0 atom stereocenters. The van der Waals surface area contributed by atoms with Crippen molar-refractivity contribution in [2.75, 3.05) is 5.73 Å². The molecule has 0 aliphatic carbocycles. The first kappa shape index (κ1) is 18.1. The average Bonchev–Trinajstić information content (AvgIpc) is 3.42. The topological polar surface area (TPSA) is 178 Å². The molecule has 0 aliphatic heterocycles. The molecular weight excluding hydrogens is 400 g/mol. The van der Waals surface area contributed by atoms with Crippen LogP contribution in [0.2, 0.25) is 0 Å². The van der Waals surface area contributed by atoms with Crippen LogP contribution in [0.5, 0.6) is 11.5 Å². The standard InChI is InChI=1S/C16H12N8O4S/c17-14-15(22-28-21-14)24-13(11-2-1-5-29-11)12(19-23-24)16(27)20-18-7-8-3-4-9(25)6-10(8)26/h1-7,25-26H,(H2,17,21)(H,20,27). The van der Waals surface area contributed by atoms with E-state index in [-0.39, 0.29) is 28.8 Å². The zero-order valence-electron chi connectivity index (χ0n) is 14.4. The number of carbonyl (C=O) groups excluding carboxylic acids is 1. The first-order valence-electron chi connectivity index (χ1n) is 7.98. The van der Waals surface area contributed by atoms with E-state index in [1.807, 2.05) is 5.38 Å². The number of thiophene rings is 1. The summed E-state index contributed by atoms with van der Waals surface area (Å²) in [7, 11) is 0. The quantitative estimate of drug-likeness (QED) is 0.276. The maximum Gasteiger partial charge on any atom is 0.294 e. The highest BCUT2D eigenvalue weighted by atomic mass is 32.1. The van der Waals surface area contributed by atoms with Crippen LogP contribution in [0.4, 0.5) is 5.82 Å². The Hall–Kier alpha value is -4.26. The number of phenolic OH excluding ortho intramolecular Hbond substituents is 2. The second kappa shape index (κ2) is 7.40. The van der Waals surface area contributed by atoms with Crippen LogP contribution in [0, 0.1) is 0 Å². The average molecular weight is 412 g/mol. The number of hydrogen-bond acceptors (Lipinski definition) is 11. The van der Waals surface area contributed by atoms with Gasteiger partial charge in [0.05, 0.1) is 11.1 Å². The Morgan fingerprint density at radius 2 is 2.17 bits per heavy atom. The summed E-state index contributed by atoms with van der Waals surface area (Å²) in [5.74, 6) is -0.855. The number of carbonyl (C=O) groups is 1. The molecule has 0 fully saturated rings. The van der Waals surface area contributed by atoms with Crippen molar-refractivity contribution in [1.29, 1.82) is 0 Å². The lowest BCUT2D eigenvalue weighted by Crippen LogP contribution is -2.19. The smallest absolute Gasteiger partial charge is 0.294 e. The van der Waals surface area contributed by atoms with Crippen molar-refractivity contribution in [3.63, 3.8) is 0 Å². The summed E-state index contributed by atoms with van der Waals surface area (Å²) < 4.78 is 5.85. The van der Waals surface area contributed by atoms with E-state index in [9.17, 15) is 15.0 Å². The van der Waals surface area contributed by atoms with Gasteiger partial charge in [0.15, 0.2) is 5.69 Å². The van der Waals surface area contributed by atoms with Gasteiger partial charge in [0.2, 0.25) is 11.6 Å². The van der Waals surface area contributed by atoms with E-state index in [1.54, 1.807) is 12.1 Å². The Balaban J connectivity index is 1.64. The molecule has 0 saturated carbocycles. The van der Waals surface area contributed by atoms with Crippen molar-refractivity contribution in [2.24, 2.45) is 5.10 Å². The molecule has 0 saturated heterocycles. The maximum absolute atomic E-state index is 12.6. The van der Waals surface area contributed by atoms with E-state index < -0.39 is 5.91 Å². The minimum Gasteiger partial charge on any atom is -0.508 e. The number of nitrogens with two attached hydrogens (primary N) is 1. The Morgan fingerprint density at radius 1 is 1.31 bits per heavy atom. The maximum atomic E-state index is 12.6. The van der Waals surface area contributed by atoms with Gasteiger partial charge in [-0.05, 0) is 33.9 Å². The number of nitrogen functional groups attached to an aromatic ring is 1. The van der Waals surface area contributed by atoms with Crippen molar-refractivity contribution in [1.82, 2.24) is 30.7 Å². The van der Waals surface area contributed by atoms with Gasteiger partial charge in [-0.25, -0.2) is 10.1 Å². The fourth-order valence-electron chi connectivity index (χ4n) is 2.41. The van der Waals surface area contributed by atoms with E-state index in [4.69, 9.17) is 5.73 Å². The summed E-state index contributed by atoms with van der Waals surface area (Å²) >= 11 is 1.36. The summed E-state index contributed by atoms with van der Waals surface area (Å²) in [5.41, 5.74) is 8.66. The third kappa shape index (κ3) is 3.49. The highest BCUT2D eigenvalue weighted by Gasteiger charge is 2.25. The number of amides is 1. The summed E-state index contributed by atoms with van der Waals surface area (Å²) in [6.07, 6.45) is 1.22. The summed E-state index contributed by atoms with van der Waals surface area (Å²) in [6.45, 7) is 0. The van der Waals surface area contributed by atoms with Crippen LogP contribution < -0.4 is 11.2 Å². The number of benzene rings is 1. The minimum absolute atomic E-state index is 0.0134. The zero-order valence-corrected chi connectivity index (χ0v) is 15.2. The van der Waals surface area contributed by atoms with E-state index >= 15 is 0 Å². The first-order valence-corrected chi connectivity index (χ1v) is 8.86. The lowest BCUT2D eigenvalue weighted by molar-refractivity contribution is 0.0950. The Morgan fingerprint density at radius 3 is 2.86 bits per heavy atom. The molecule has 0 unspecified atom stereocenters. The van der Waals surface area contributed by atoms with Crippen LogP contribution in [-0.2, 0) is 0 Å². The number of nitrogens with zero attached hydrogens (tertiary/aromatic N) is 6. The molecule has 29 heavy (non-hydrogen) atoms. The molecule has 4 rings (SSSR count). The first-order chi connectivity index (χ1) is 14.0. The fourth-order valence-corrected chi connectivity index (χ4v) is 3.17. The molecule has 3 heterocycles. The number of nitrogens with one attached hydrogen (secondary N) is 1. The molecule has 5 N–H and O–H groups in total. The van der Waals surface area contributed by atoms with Crippen molar-refractivity contribution in [3.05, 3.63) is 47.0 Å². The van der Waals surface area contributed by atoms with Gasteiger partial charge < -0.3 is 15.9 Å². The summed E-state index contributed by atoms with van der Waals surface area (Å²) in [5, 5.41) is 39.7. The minimum atomic E-state index is -0.649. The van der Waals surface area contributed by atoms with Gasteiger partial charge in [0.1, 0.15) is 17.2 Å². The predicted octanol–water partition coefficient (Wildman–Crippen LogP) is 1.14. The van der Waals surface area contributed by atoms with Crippen LogP contribution in [0.3, 0.4) is 0 Å². The van der Waals surface area contributed by atoms with E-state index in [2.05, 4.69) is 35.8 Å². The lowest BCUT2D eigenvalue weighted by Gasteiger charge is -2.03. The van der Waals surface area contributed by atoms with Crippen LogP contribution >= 0.6 is 11.3 Å². The number of rotatable bonds is 5. The van der Waals surface area contributed by atoms with Gasteiger partial charge in [-0.15, -0.1) is 16.4 Å². The normalized spacial score (nSPS) is 11.2. The Kier molecular flexibility index (Phi) is 4.62. The molecule has 0 radical (unpaired) electrons. The summed E-state index contributed by atoms with van der Waals surface area (Å²) in [6, 6.07) is 7.54. The molecule has 4 aromatic rings. The van der Waals surface area contributed by atoms with Crippen molar-refractivity contribution in [3.8, 4) is 27.9 Å². The van der Waals surface area contributed by atoms with Gasteiger partial charge in [-0.2, -0.15) is 9.78 Å². The number of hydrazone groups is 1. The largest absolute Gasteiger partial charge is 0.508 e. The molecule has 1 aromatic carbocycles. The molecule has 13 heteroatoms. The second-order valence-corrected chi connectivity index (χ2v) is 6.54. The SMILES string of the molecule is Nc1nonc1-n1nnc(C(=O)NN=Cc2ccc(O)cc2O)c1-c1cccs1. The number of hydrogen-bond donors (Lipinski definition) is 4.